The zero-order valence-corrected chi connectivity index (χ0v) is 15.9. The van der Waals surface area contributed by atoms with E-state index >= 15 is 0 Å². The number of amides is 1. The molecule has 0 aromatic heterocycles. The lowest BCUT2D eigenvalue weighted by Gasteiger charge is -2.19. The predicted molar refractivity (Wildman–Crippen MR) is 102 cm³/mol. The third kappa shape index (κ3) is 5.09. The minimum atomic E-state index is -0.409. The van der Waals surface area contributed by atoms with E-state index in [9.17, 15) is 9.59 Å². The number of esters is 1. The van der Waals surface area contributed by atoms with Crippen LogP contribution in [0, 0.1) is 6.92 Å². The fourth-order valence-electron chi connectivity index (χ4n) is 2.44. The lowest BCUT2D eigenvalue weighted by atomic mass is 9.87. The molecule has 0 aliphatic rings. The number of nitrogens with one attached hydrogen (secondary N) is 1. The van der Waals surface area contributed by atoms with Crippen molar-refractivity contribution in [2.24, 2.45) is 0 Å². The molecule has 0 saturated carbocycles. The Bertz CT molecular complexity index is 789. The van der Waals surface area contributed by atoms with Crippen LogP contribution in [0.3, 0.4) is 0 Å². The van der Waals surface area contributed by atoms with E-state index in [1.54, 1.807) is 18.2 Å². The third-order valence-corrected chi connectivity index (χ3v) is 4.01. The molecule has 1 amide bonds. The summed E-state index contributed by atoms with van der Waals surface area (Å²) in [4.78, 5) is 23.6. The van der Waals surface area contributed by atoms with Crippen molar-refractivity contribution in [2.45, 2.75) is 33.1 Å². The molecule has 2 rings (SSSR count). The summed E-state index contributed by atoms with van der Waals surface area (Å²) in [5.74, 6) is -0.0299. The summed E-state index contributed by atoms with van der Waals surface area (Å²) >= 11 is 0. The highest BCUT2D eigenvalue weighted by atomic mass is 16.5. The van der Waals surface area contributed by atoms with Crippen molar-refractivity contribution in [1.82, 2.24) is 0 Å². The second-order valence-corrected chi connectivity index (χ2v) is 7.13. The molecule has 2 aromatic carbocycles. The highest BCUT2D eigenvalue weighted by molar-refractivity contribution is 5.94. The molecule has 0 atom stereocenters. The zero-order valence-electron chi connectivity index (χ0n) is 15.9. The van der Waals surface area contributed by atoms with Crippen molar-refractivity contribution in [1.29, 1.82) is 0 Å². The summed E-state index contributed by atoms with van der Waals surface area (Å²) < 4.78 is 10.2. The van der Waals surface area contributed by atoms with Crippen LogP contribution in [-0.4, -0.2) is 25.6 Å². The van der Waals surface area contributed by atoms with Gasteiger partial charge in [-0.25, -0.2) is 4.79 Å². The Balaban J connectivity index is 1.94. The van der Waals surface area contributed by atoms with E-state index < -0.39 is 5.97 Å². The summed E-state index contributed by atoms with van der Waals surface area (Å²) in [7, 11) is 1.33. The van der Waals surface area contributed by atoms with Gasteiger partial charge in [-0.3, -0.25) is 4.79 Å². The molecule has 0 spiro atoms. The van der Waals surface area contributed by atoms with Gasteiger partial charge in [0.15, 0.2) is 6.61 Å². The van der Waals surface area contributed by atoms with Crippen molar-refractivity contribution in [3.05, 3.63) is 59.2 Å². The van der Waals surface area contributed by atoms with E-state index in [2.05, 4.69) is 30.8 Å². The Morgan fingerprint density at radius 1 is 1.04 bits per heavy atom. The van der Waals surface area contributed by atoms with Gasteiger partial charge in [0.25, 0.3) is 5.91 Å². The SMILES string of the molecule is COC(=O)c1ccc(NC(=O)COc2ccc(C(C)(C)C)cc2)c(C)c1. The van der Waals surface area contributed by atoms with Gasteiger partial charge in [0.1, 0.15) is 5.75 Å². The quantitative estimate of drug-likeness (QED) is 0.820. The molecule has 0 saturated heterocycles. The van der Waals surface area contributed by atoms with Gasteiger partial charge in [0.2, 0.25) is 0 Å². The van der Waals surface area contributed by atoms with Gasteiger partial charge < -0.3 is 14.8 Å². The van der Waals surface area contributed by atoms with E-state index in [0.29, 0.717) is 17.0 Å². The largest absolute Gasteiger partial charge is 0.484 e. The second kappa shape index (κ2) is 8.04. The minimum Gasteiger partial charge on any atom is -0.484 e. The van der Waals surface area contributed by atoms with Crippen LogP contribution in [0.5, 0.6) is 5.75 Å². The number of hydrogen-bond acceptors (Lipinski definition) is 4. The van der Waals surface area contributed by atoms with Crippen molar-refractivity contribution >= 4 is 17.6 Å². The van der Waals surface area contributed by atoms with Gasteiger partial charge in [0.05, 0.1) is 12.7 Å². The van der Waals surface area contributed by atoms with E-state index in [1.807, 2.05) is 31.2 Å². The van der Waals surface area contributed by atoms with E-state index in [-0.39, 0.29) is 17.9 Å². The van der Waals surface area contributed by atoms with E-state index in [4.69, 9.17) is 4.74 Å². The molecule has 26 heavy (non-hydrogen) atoms. The van der Waals surface area contributed by atoms with Crippen LogP contribution in [0.2, 0.25) is 0 Å². The highest BCUT2D eigenvalue weighted by Gasteiger charge is 2.13. The normalized spacial score (nSPS) is 11.0. The van der Waals surface area contributed by atoms with Crippen molar-refractivity contribution in [3.8, 4) is 5.75 Å². The molecule has 5 nitrogen and oxygen atoms in total. The molecule has 0 fully saturated rings. The van der Waals surface area contributed by atoms with Gasteiger partial charge >= 0.3 is 5.97 Å². The number of benzene rings is 2. The number of anilines is 1. The highest BCUT2D eigenvalue weighted by Crippen LogP contribution is 2.24. The smallest absolute Gasteiger partial charge is 0.337 e. The molecule has 0 unspecified atom stereocenters. The predicted octanol–water partition coefficient (Wildman–Crippen LogP) is 4.10. The van der Waals surface area contributed by atoms with Crippen LogP contribution in [-0.2, 0) is 14.9 Å². The number of carbonyl (C=O) groups is 2. The molecule has 2 aromatic rings. The van der Waals surface area contributed by atoms with Crippen LogP contribution in [0.4, 0.5) is 5.69 Å². The molecule has 0 bridgehead atoms. The lowest BCUT2D eigenvalue weighted by Crippen LogP contribution is -2.21. The molecule has 1 N–H and O–H groups in total. The third-order valence-electron chi connectivity index (χ3n) is 4.01. The number of carbonyl (C=O) groups excluding carboxylic acids is 2. The molecule has 0 heterocycles. The standard InChI is InChI=1S/C21H25NO4/c1-14-12-15(20(24)25-5)6-11-18(14)22-19(23)13-26-17-9-7-16(8-10-17)21(2,3)4/h6-12H,13H2,1-5H3,(H,22,23). The summed E-state index contributed by atoms with van der Waals surface area (Å²) in [6.45, 7) is 8.15. The average Bonchev–Trinajstić information content (AvgIpc) is 2.60. The van der Waals surface area contributed by atoms with Gasteiger partial charge in [-0.2, -0.15) is 0 Å². The number of rotatable bonds is 5. The number of hydrogen-bond donors (Lipinski definition) is 1. The van der Waals surface area contributed by atoms with Gasteiger partial charge in [-0.15, -0.1) is 0 Å². The van der Waals surface area contributed by atoms with Crippen LogP contribution in [0.25, 0.3) is 0 Å². The van der Waals surface area contributed by atoms with Gasteiger partial charge in [-0.05, 0) is 53.8 Å². The summed E-state index contributed by atoms with van der Waals surface area (Å²) in [6, 6.07) is 12.7. The minimum absolute atomic E-state index is 0.0732. The molecule has 0 radical (unpaired) electrons. The van der Waals surface area contributed by atoms with E-state index in [0.717, 1.165) is 5.56 Å². The first-order valence-corrected chi connectivity index (χ1v) is 8.43. The molecule has 0 aliphatic heterocycles. The Labute approximate surface area is 154 Å². The van der Waals surface area contributed by atoms with Crippen molar-refractivity contribution < 1.29 is 19.1 Å². The summed E-state index contributed by atoms with van der Waals surface area (Å²) in [6.07, 6.45) is 0. The van der Waals surface area contributed by atoms with Gasteiger partial charge in [0, 0.05) is 5.69 Å². The Kier molecular flexibility index (Phi) is 6.03. The molecular formula is C21H25NO4. The Hall–Kier alpha value is -2.82. The monoisotopic (exact) mass is 355 g/mol. The van der Waals surface area contributed by atoms with Crippen LogP contribution < -0.4 is 10.1 Å². The number of aryl methyl sites for hydroxylation is 1. The molecular weight excluding hydrogens is 330 g/mol. The first kappa shape index (κ1) is 19.5. The summed E-state index contributed by atoms with van der Waals surface area (Å²) in [5.41, 5.74) is 3.13. The molecule has 0 aliphatic carbocycles. The maximum atomic E-state index is 12.1. The summed E-state index contributed by atoms with van der Waals surface area (Å²) in [5, 5.41) is 2.78. The number of methoxy groups -OCH3 is 1. The second-order valence-electron chi connectivity index (χ2n) is 7.13. The van der Waals surface area contributed by atoms with Gasteiger partial charge in [-0.1, -0.05) is 32.9 Å². The van der Waals surface area contributed by atoms with Crippen LogP contribution >= 0.6 is 0 Å². The first-order valence-electron chi connectivity index (χ1n) is 8.43. The maximum absolute atomic E-state index is 12.1. The number of ether oxygens (including phenoxy) is 2. The van der Waals surface area contributed by atoms with Crippen LogP contribution in [0.1, 0.15) is 42.3 Å². The van der Waals surface area contributed by atoms with Crippen LogP contribution in [0.15, 0.2) is 42.5 Å². The first-order chi connectivity index (χ1) is 12.2. The molecule has 138 valence electrons. The van der Waals surface area contributed by atoms with Crippen molar-refractivity contribution in [3.63, 3.8) is 0 Å². The average molecular weight is 355 g/mol. The Morgan fingerprint density at radius 3 is 2.23 bits per heavy atom. The fraction of sp³-hybridized carbons (Fsp3) is 0.333. The Morgan fingerprint density at radius 2 is 1.69 bits per heavy atom. The zero-order chi connectivity index (χ0) is 19.3. The van der Waals surface area contributed by atoms with Crippen molar-refractivity contribution in [2.75, 3.05) is 19.0 Å². The van der Waals surface area contributed by atoms with E-state index in [1.165, 1.54) is 12.7 Å². The molecule has 5 heteroatoms. The fourth-order valence-corrected chi connectivity index (χ4v) is 2.44. The lowest BCUT2D eigenvalue weighted by molar-refractivity contribution is -0.118. The maximum Gasteiger partial charge on any atom is 0.337 e. The topological polar surface area (TPSA) is 64.6 Å².